The van der Waals surface area contributed by atoms with Gasteiger partial charge in [-0.2, -0.15) is 8.97 Å². The first-order valence-electron chi connectivity index (χ1n) is 10.2. The maximum Gasteiger partial charge on any atom is 0.430 e. The number of hydrogen-bond acceptors (Lipinski definition) is 2. The summed E-state index contributed by atoms with van der Waals surface area (Å²) in [5.74, 6) is -1.32. The van der Waals surface area contributed by atoms with E-state index in [-0.39, 0.29) is 5.55 Å². The molecule has 1 aliphatic heterocycles. The van der Waals surface area contributed by atoms with E-state index in [9.17, 15) is 9.18 Å². The lowest BCUT2D eigenvalue weighted by Crippen LogP contribution is -2.59. The van der Waals surface area contributed by atoms with Gasteiger partial charge in [-0.05, 0) is 18.6 Å². The molecule has 7 heteroatoms. The van der Waals surface area contributed by atoms with Crippen LogP contribution in [0.3, 0.4) is 0 Å². The summed E-state index contributed by atoms with van der Waals surface area (Å²) < 4.78 is 40.9. The minimum atomic E-state index is -0.704. The zero-order valence-electron chi connectivity index (χ0n) is 18.1. The standard InChI is InChI=1S/C24H23F2N3O2/c1-6-24(4)20(22-28-12-14(3)27(5)21(28)23(30)31-22)16-10-15(25)11-17(26)19(16)18-9-13(2)7-8-29(18)24/h7-12H,6H2,1-5H3/q+2. The maximum absolute atomic E-state index is 15.2. The van der Waals surface area contributed by atoms with Crippen LogP contribution in [0.4, 0.5) is 8.78 Å². The van der Waals surface area contributed by atoms with Crippen LogP contribution in [-0.4, -0.2) is 4.40 Å². The Morgan fingerprint density at radius 3 is 2.65 bits per heavy atom. The van der Waals surface area contributed by atoms with Crippen molar-refractivity contribution < 1.29 is 22.3 Å². The molecule has 5 rings (SSSR count). The number of pyridine rings is 1. The lowest BCUT2D eigenvalue weighted by molar-refractivity contribution is -0.737. The van der Waals surface area contributed by atoms with E-state index in [1.807, 2.05) is 56.8 Å². The molecule has 0 fully saturated rings. The number of benzene rings is 1. The van der Waals surface area contributed by atoms with Crippen LogP contribution in [0, 0.1) is 25.5 Å². The molecule has 0 spiro atoms. The van der Waals surface area contributed by atoms with Gasteiger partial charge in [0, 0.05) is 44.0 Å². The summed E-state index contributed by atoms with van der Waals surface area (Å²) in [7, 11) is 1.79. The molecule has 0 saturated carbocycles. The summed E-state index contributed by atoms with van der Waals surface area (Å²) in [4.78, 5) is 12.7. The fourth-order valence-electron chi connectivity index (χ4n) is 4.77. The van der Waals surface area contributed by atoms with Crippen molar-refractivity contribution in [3.63, 3.8) is 0 Å². The third-order valence-electron chi connectivity index (χ3n) is 6.65. The van der Waals surface area contributed by atoms with Gasteiger partial charge >= 0.3 is 16.8 Å². The third kappa shape index (κ3) is 2.49. The smallest absolute Gasteiger partial charge is 0.379 e. The molecule has 0 N–H and O–H groups in total. The van der Waals surface area contributed by atoms with Crippen molar-refractivity contribution in [3.8, 4) is 11.3 Å². The van der Waals surface area contributed by atoms with E-state index in [1.165, 1.54) is 6.07 Å². The monoisotopic (exact) mass is 423 g/mol. The Bertz CT molecular complexity index is 1520. The second-order valence-electron chi connectivity index (χ2n) is 8.49. The van der Waals surface area contributed by atoms with E-state index in [0.717, 1.165) is 17.3 Å². The molecule has 0 aliphatic carbocycles. The number of aryl methyl sites for hydroxylation is 3. The van der Waals surface area contributed by atoms with Crippen LogP contribution < -0.4 is 20.3 Å². The number of hydrogen-bond donors (Lipinski definition) is 0. The molecule has 1 aliphatic rings. The molecule has 0 bridgehead atoms. The number of aromatic nitrogens is 3. The average Bonchev–Trinajstić information content (AvgIpc) is 3.17. The van der Waals surface area contributed by atoms with Crippen molar-refractivity contribution in [3.05, 3.63) is 81.1 Å². The molecule has 4 heterocycles. The lowest BCUT2D eigenvalue weighted by atomic mass is 9.77. The normalized spacial score (nSPS) is 19.6. The lowest BCUT2D eigenvalue weighted by Gasteiger charge is -2.31. The Hall–Kier alpha value is -3.35. The van der Waals surface area contributed by atoms with Gasteiger partial charge in [0.25, 0.3) is 0 Å². The van der Waals surface area contributed by atoms with Crippen molar-refractivity contribution in [2.24, 2.45) is 7.05 Å². The number of oxazole rings is 1. The largest absolute Gasteiger partial charge is 0.430 e. The quantitative estimate of drug-likeness (QED) is 0.442. The molecular weight excluding hydrogens is 400 g/mol. The van der Waals surface area contributed by atoms with Crippen LogP contribution >= 0.6 is 0 Å². The fraction of sp³-hybridized carbons (Fsp3) is 0.292. The molecule has 0 radical (unpaired) electrons. The van der Waals surface area contributed by atoms with E-state index >= 15 is 4.39 Å². The van der Waals surface area contributed by atoms with E-state index in [0.29, 0.717) is 34.5 Å². The van der Waals surface area contributed by atoms with Crippen molar-refractivity contribution in [2.45, 2.75) is 39.7 Å². The summed E-state index contributed by atoms with van der Waals surface area (Å²) in [6, 6.07) is 6.09. The molecule has 31 heavy (non-hydrogen) atoms. The van der Waals surface area contributed by atoms with Gasteiger partial charge in [0.1, 0.15) is 29.1 Å². The minimum absolute atomic E-state index is 0.290. The highest BCUT2D eigenvalue weighted by atomic mass is 19.1. The van der Waals surface area contributed by atoms with Gasteiger partial charge in [0.2, 0.25) is 5.69 Å². The van der Waals surface area contributed by atoms with Gasteiger partial charge < -0.3 is 4.42 Å². The molecule has 1 atom stereocenters. The highest BCUT2D eigenvalue weighted by Gasteiger charge is 2.49. The van der Waals surface area contributed by atoms with Crippen LogP contribution in [0.1, 0.15) is 37.1 Å². The summed E-state index contributed by atoms with van der Waals surface area (Å²) in [5, 5.41) is 0. The average molecular weight is 423 g/mol. The molecule has 158 valence electrons. The first-order valence-corrected chi connectivity index (χ1v) is 10.2. The van der Waals surface area contributed by atoms with E-state index in [1.54, 1.807) is 16.0 Å². The molecule has 0 saturated heterocycles. The predicted molar refractivity (Wildman–Crippen MR) is 110 cm³/mol. The first kappa shape index (κ1) is 19.6. The number of fused-ring (bicyclic) bond motifs is 4. The van der Waals surface area contributed by atoms with Crippen molar-refractivity contribution in [1.29, 1.82) is 0 Å². The summed E-state index contributed by atoms with van der Waals surface area (Å²) in [6.07, 6.45) is 4.34. The van der Waals surface area contributed by atoms with Crippen LogP contribution in [0.25, 0.3) is 22.5 Å². The van der Waals surface area contributed by atoms with Crippen LogP contribution in [-0.2, 0) is 12.6 Å². The van der Waals surface area contributed by atoms with Gasteiger partial charge in [-0.1, -0.05) is 6.92 Å². The highest BCUT2D eigenvalue weighted by Crippen LogP contribution is 2.42. The Labute approximate surface area is 177 Å². The van der Waals surface area contributed by atoms with E-state index < -0.39 is 22.8 Å². The van der Waals surface area contributed by atoms with Crippen LogP contribution in [0.15, 0.2) is 45.9 Å². The van der Waals surface area contributed by atoms with Gasteiger partial charge in [0.15, 0.2) is 11.7 Å². The number of imidazole rings is 1. The third-order valence-corrected chi connectivity index (χ3v) is 6.65. The minimum Gasteiger partial charge on any atom is -0.379 e. The van der Waals surface area contributed by atoms with Crippen molar-refractivity contribution in [2.75, 3.05) is 0 Å². The van der Waals surface area contributed by atoms with E-state index in [4.69, 9.17) is 4.42 Å². The first-order chi connectivity index (χ1) is 14.7. The fourth-order valence-corrected chi connectivity index (χ4v) is 4.77. The van der Waals surface area contributed by atoms with Gasteiger partial charge in [-0.3, -0.25) is 0 Å². The Morgan fingerprint density at radius 1 is 1.19 bits per heavy atom. The SMILES string of the molecule is CCC1(C)C(=c2oc(=O)c3n2cc(C)[n+]3C)c2cc(F)cc(F)c2-c2cc(C)cc[n+]21. The summed E-state index contributed by atoms with van der Waals surface area (Å²) in [6.45, 7) is 7.84. The Morgan fingerprint density at radius 2 is 1.94 bits per heavy atom. The Kier molecular flexibility index (Phi) is 4.00. The van der Waals surface area contributed by atoms with Gasteiger partial charge in [0.05, 0.1) is 12.6 Å². The molecule has 1 aromatic carbocycles. The second-order valence-corrected chi connectivity index (χ2v) is 8.49. The molecule has 3 aromatic heterocycles. The topological polar surface area (TPSA) is 42.4 Å². The van der Waals surface area contributed by atoms with Gasteiger partial charge in [-0.15, -0.1) is 0 Å². The molecule has 5 nitrogen and oxygen atoms in total. The number of rotatable bonds is 1. The highest BCUT2D eigenvalue weighted by molar-refractivity contribution is 5.83. The number of nitrogens with zero attached hydrogens (tertiary/aromatic N) is 3. The number of halogens is 2. The second kappa shape index (κ2) is 6.33. The Balaban J connectivity index is 2.08. The van der Waals surface area contributed by atoms with Gasteiger partial charge in [-0.25, -0.2) is 18.1 Å². The van der Waals surface area contributed by atoms with Crippen molar-refractivity contribution in [1.82, 2.24) is 4.40 Å². The molecule has 0 amide bonds. The molecular formula is C24H23F2N3O2+2. The van der Waals surface area contributed by atoms with E-state index in [2.05, 4.69) is 0 Å². The van der Waals surface area contributed by atoms with Crippen molar-refractivity contribution >= 4 is 11.2 Å². The summed E-state index contributed by atoms with van der Waals surface area (Å²) >= 11 is 0. The molecule has 4 aromatic rings. The van der Waals surface area contributed by atoms with Crippen LogP contribution in [0.2, 0.25) is 0 Å². The molecule has 1 unspecified atom stereocenters. The predicted octanol–water partition coefficient (Wildman–Crippen LogP) is 2.62. The maximum atomic E-state index is 15.2. The summed E-state index contributed by atoms with van der Waals surface area (Å²) in [5.41, 5.74) is 3.25. The van der Waals surface area contributed by atoms with Crippen LogP contribution in [0.5, 0.6) is 0 Å². The zero-order valence-corrected chi connectivity index (χ0v) is 18.1. The zero-order chi connectivity index (χ0) is 22.2.